The molecule has 0 aromatic heterocycles. The van der Waals surface area contributed by atoms with Crippen molar-refractivity contribution in [2.45, 2.75) is 45.1 Å². The van der Waals surface area contributed by atoms with Crippen LogP contribution in [0.4, 0.5) is 0 Å². The fraction of sp³-hybridized carbons (Fsp3) is 0.588. The van der Waals surface area contributed by atoms with E-state index in [4.69, 9.17) is 0 Å². The minimum atomic E-state index is -0.00948. The lowest BCUT2D eigenvalue weighted by molar-refractivity contribution is 0.0695. The molecule has 3 nitrogen and oxygen atoms in total. The maximum absolute atomic E-state index is 12.8. The molecule has 1 amide bonds. The number of hydrogen-bond acceptors (Lipinski definition) is 2. The first-order chi connectivity index (χ1) is 9.43. The van der Waals surface area contributed by atoms with Gasteiger partial charge in [0.15, 0.2) is 0 Å². The molecule has 20 heavy (non-hydrogen) atoms. The number of benzene rings is 1. The Labute approximate surface area is 122 Å². The number of piperidine rings is 1. The molecule has 1 aromatic rings. The highest BCUT2D eigenvalue weighted by Gasteiger charge is 2.27. The zero-order chi connectivity index (χ0) is 14.8. The predicted octanol–water partition coefficient (Wildman–Crippen LogP) is 2.81. The standard InChI is InChI=1S/C17H26N2O/c1-17(2,3)15-10-6-5-9-14(15)16(20)19-11-7-8-13(12-19)18-4/h5-6,9-10,13,18H,7-8,11-12H2,1-4H3. The van der Waals surface area contributed by atoms with Gasteiger partial charge in [-0.1, -0.05) is 39.0 Å². The van der Waals surface area contributed by atoms with Crippen LogP contribution in [0.3, 0.4) is 0 Å². The minimum absolute atomic E-state index is 0.00948. The van der Waals surface area contributed by atoms with Crippen LogP contribution >= 0.6 is 0 Å². The molecule has 0 saturated carbocycles. The second-order valence-corrected chi connectivity index (χ2v) is 6.67. The van der Waals surface area contributed by atoms with E-state index in [1.165, 1.54) is 0 Å². The molecule has 110 valence electrons. The quantitative estimate of drug-likeness (QED) is 0.899. The van der Waals surface area contributed by atoms with Crippen LogP contribution in [0.1, 0.15) is 49.5 Å². The molecule has 1 fully saturated rings. The number of rotatable bonds is 2. The third kappa shape index (κ3) is 3.21. The smallest absolute Gasteiger partial charge is 0.254 e. The second-order valence-electron chi connectivity index (χ2n) is 6.67. The molecule has 1 heterocycles. The molecular weight excluding hydrogens is 248 g/mol. The van der Waals surface area contributed by atoms with E-state index >= 15 is 0 Å². The molecule has 1 atom stereocenters. The Balaban J connectivity index is 2.25. The number of nitrogens with zero attached hydrogens (tertiary/aromatic N) is 1. The van der Waals surface area contributed by atoms with Crippen LogP contribution in [0, 0.1) is 0 Å². The minimum Gasteiger partial charge on any atom is -0.337 e. The summed E-state index contributed by atoms with van der Waals surface area (Å²) in [6, 6.07) is 8.44. The van der Waals surface area contributed by atoms with E-state index in [2.05, 4.69) is 32.2 Å². The van der Waals surface area contributed by atoms with E-state index in [9.17, 15) is 4.79 Å². The molecule has 1 aliphatic rings. The third-order valence-electron chi connectivity index (χ3n) is 4.08. The van der Waals surface area contributed by atoms with E-state index in [-0.39, 0.29) is 11.3 Å². The average molecular weight is 274 g/mol. The van der Waals surface area contributed by atoms with Crippen molar-refractivity contribution in [3.05, 3.63) is 35.4 Å². The largest absolute Gasteiger partial charge is 0.337 e. The van der Waals surface area contributed by atoms with E-state index < -0.39 is 0 Å². The Morgan fingerprint density at radius 2 is 2.00 bits per heavy atom. The predicted molar refractivity (Wildman–Crippen MR) is 83.1 cm³/mol. The van der Waals surface area contributed by atoms with Crippen molar-refractivity contribution in [2.24, 2.45) is 0 Å². The second kappa shape index (κ2) is 5.96. The number of likely N-dealkylation sites (tertiary alicyclic amines) is 1. The van der Waals surface area contributed by atoms with Gasteiger partial charge >= 0.3 is 0 Å². The van der Waals surface area contributed by atoms with Crippen molar-refractivity contribution in [3.8, 4) is 0 Å². The fourth-order valence-electron chi connectivity index (χ4n) is 2.89. The number of hydrogen-bond donors (Lipinski definition) is 1. The van der Waals surface area contributed by atoms with E-state index in [0.717, 1.165) is 37.1 Å². The van der Waals surface area contributed by atoms with Crippen molar-refractivity contribution in [1.82, 2.24) is 10.2 Å². The molecular formula is C17H26N2O. The van der Waals surface area contributed by atoms with Crippen molar-refractivity contribution in [1.29, 1.82) is 0 Å². The van der Waals surface area contributed by atoms with Gasteiger partial charge in [-0.05, 0) is 36.9 Å². The zero-order valence-electron chi connectivity index (χ0n) is 13.1. The summed E-state index contributed by atoms with van der Waals surface area (Å²) in [5.74, 6) is 0.176. The van der Waals surface area contributed by atoms with Gasteiger partial charge in [-0.3, -0.25) is 4.79 Å². The van der Waals surface area contributed by atoms with Crippen LogP contribution in [0.15, 0.2) is 24.3 Å². The maximum atomic E-state index is 12.8. The molecule has 0 aliphatic carbocycles. The summed E-state index contributed by atoms with van der Waals surface area (Å²) in [5, 5.41) is 3.29. The highest BCUT2D eigenvalue weighted by atomic mass is 16.2. The molecule has 1 unspecified atom stereocenters. The highest BCUT2D eigenvalue weighted by molar-refractivity contribution is 5.96. The van der Waals surface area contributed by atoms with E-state index in [0.29, 0.717) is 6.04 Å². The molecule has 0 radical (unpaired) electrons. The van der Waals surface area contributed by atoms with Crippen LogP contribution in [-0.4, -0.2) is 37.0 Å². The number of carbonyl (C=O) groups excluding carboxylic acids is 1. The molecule has 0 bridgehead atoms. The Morgan fingerprint density at radius 3 is 2.65 bits per heavy atom. The van der Waals surface area contributed by atoms with Gasteiger partial charge in [0, 0.05) is 24.7 Å². The van der Waals surface area contributed by atoms with Crippen LogP contribution in [0.2, 0.25) is 0 Å². The first kappa shape index (κ1) is 15.0. The molecule has 1 N–H and O–H groups in total. The molecule has 3 heteroatoms. The molecule has 2 rings (SSSR count). The maximum Gasteiger partial charge on any atom is 0.254 e. The summed E-state index contributed by atoms with van der Waals surface area (Å²) in [6.45, 7) is 8.16. The summed E-state index contributed by atoms with van der Waals surface area (Å²) in [7, 11) is 1.97. The Hall–Kier alpha value is -1.35. The van der Waals surface area contributed by atoms with Gasteiger partial charge < -0.3 is 10.2 Å². The van der Waals surface area contributed by atoms with Crippen molar-refractivity contribution < 1.29 is 4.79 Å². The molecule has 1 aliphatic heterocycles. The van der Waals surface area contributed by atoms with Gasteiger partial charge in [-0.15, -0.1) is 0 Å². The Bertz CT molecular complexity index is 476. The normalized spacial score (nSPS) is 20.0. The van der Waals surface area contributed by atoms with Crippen LogP contribution < -0.4 is 5.32 Å². The Kier molecular flexibility index (Phi) is 4.48. The van der Waals surface area contributed by atoms with Gasteiger partial charge in [0.2, 0.25) is 0 Å². The number of amides is 1. The van der Waals surface area contributed by atoms with Gasteiger partial charge in [0.1, 0.15) is 0 Å². The topological polar surface area (TPSA) is 32.3 Å². The SMILES string of the molecule is CNC1CCCN(C(=O)c2ccccc2C(C)(C)C)C1. The molecule has 1 saturated heterocycles. The summed E-state index contributed by atoms with van der Waals surface area (Å²) in [5.41, 5.74) is 1.98. The lowest BCUT2D eigenvalue weighted by atomic mass is 9.83. The monoisotopic (exact) mass is 274 g/mol. The zero-order valence-corrected chi connectivity index (χ0v) is 13.1. The molecule has 1 aromatic carbocycles. The van der Waals surface area contributed by atoms with E-state index in [1.807, 2.05) is 30.1 Å². The fourth-order valence-corrected chi connectivity index (χ4v) is 2.89. The highest BCUT2D eigenvalue weighted by Crippen LogP contribution is 2.27. The lowest BCUT2D eigenvalue weighted by Crippen LogP contribution is -2.47. The summed E-state index contributed by atoms with van der Waals surface area (Å²) in [4.78, 5) is 14.8. The van der Waals surface area contributed by atoms with Crippen LogP contribution in [0.25, 0.3) is 0 Å². The number of carbonyl (C=O) groups is 1. The summed E-state index contributed by atoms with van der Waals surface area (Å²) >= 11 is 0. The van der Waals surface area contributed by atoms with E-state index in [1.54, 1.807) is 0 Å². The van der Waals surface area contributed by atoms with Crippen molar-refractivity contribution in [2.75, 3.05) is 20.1 Å². The summed E-state index contributed by atoms with van der Waals surface area (Å²) in [6.07, 6.45) is 2.23. The first-order valence-corrected chi connectivity index (χ1v) is 7.49. The van der Waals surface area contributed by atoms with Gasteiger partial charge in [0.25, 0.3) is 5.91 Å². The number of likely N-dealkylation sites (N-methyl/N-ethyl adjacent to an activating group) is 1. The first-order valence-electron chi connectivity index (χ1n) is 7.49. The van der Waals surface area contributed by atoms with Gasteiger partial charge in [-0.2, -0.15) is 0 Å². The van der Waals surface area contributed by atoms with Gasteiger partial charge in [0.05, 0.1) is 0 Å². The summed E-state index contributed by atoms with van der Waals surface area (Å²) < 4.78 is 0. The van der Waals surface area contributed by atoms with Gasteiger partial charge in [-0.25, -0.2) is 0 Å². The Morgan fingerprint density at radius 1 is 1.30 bits per heavy atom. The molecule has 0 spiro atoms. The third-order valence-corrected chi connectivity index (χ3v) is 4.08. The van der Waals surface area contributed by atoms with Crippen molar-refractivity contribution in [3.63, 3.8) is 0 Å². The van der Waals surface area contributed by atoms with Crippen LogP contribution in [0.5, 0.6) is 0 Å². The lowest BCUT2D eigenvalue weighted by Gasteiger charge is -2.34. The average Bonchev–Trinajstić information content (AvgIpc) is 2.45. The number of nitrogens with one attached hydrogen (secondary N) is 1. The van der Waals surface area contributed by atoms with Crippen LogP contribution in [-0.2, 0) is 5.41 Å². The van der Waals surface area contributed by atoms with Crippen molar-refractivity contribution >= 4 is 5.91 Å².